The van der Waals surface area contributed by atoms with Gasteiger partial charge in [0.05, 0.1) is 0 Å². The zero-order valence-corrected chi connectivity index (χ0v) is 12.7. The molecule has 0 heterocycles. The molecule has 0 amide bonds. The van der Waals surface area contributed by atoms with E-state index in [1.807, 2.05) is 0 Å². The summed E-state index contributed by atoms with van der Waals surface area (Å²) in [5.74, 6) is 0.771. The van der Waals surface area contributed by atoms with Gasteiger partial charge in [0.15, 0.2) is 0 Å². The normalized spacial score (nSPS) is 13.7. The van der Waals surface area contributed by atoms with E-state index in [0.717, 1.165) is 17.6 Å². The summed E-state index contributed by atoms with van der Waals surface area (Å²) in [5, 5.41) is 0.980. The van der Waals surface area contributed by atoms with Crippen molar-refractivity contribution in [2.45, 2.75) is 21.2 Å². The molecule has 11 heavy (non-hydrogen) atoms. The number of rotatable bonds is 4. The molecule has 0 aliphatic heterocycles. The Labute approximate surface area is 87.4 Å². The number of halogens is 2. The summed E-state index contributed by atoms with van der Waals surface area (Å²) < 4.78 is 1.64. The summed E-state index contributed by atoms with van der Waals surface area (Å²) in [6.45, 7) is 0. The molecule has 0 aromatic carbocycles. The predicted molar refractivity (Wildman–Crippen MR) is 60.6 cm³/mol. The van der Waals surface area contributed by atoms with Crippen molar-refractivity contribution in [2.75, 3.05) is 11.2 Å². The molecule has 0 spiro atoms. The molecule has 0 saturated heterocycles. The van der Waals surface area contributed by atoms with Crippen LogP contribution in [0.15, 0.2) is 9.67 Å². The van der Waals surface area contributed by atoms with Crippen molar-refractivity contribution in [1.82, 2.24) is 0 Å². The van der Waals surface area contributed by atoms with Crippen molar-refractivity contribution in [1.29, 1.82) is 0 Å². The van der Waals surface area contributed by atoms with Gasteiger partial charge in [0.2, 0.25) is 0 Å². The number of alkyl halides is 2. The van der Waals surface area contributed by atoms with E-state index in [1.165, 1.54) is 0 Å². The van der Waals surface area contributed by atoms with E-state index in [4.69, 9.17) is 11.6 Å². The third-order valence-electron chi connectivity index (χ3n) is 1.65. The molecule has 0 bridgehead atoms. The Morgan fingerprint density at radius 3 is 2.27 bits per heavy atom. The quantitative estimate of drug-likeness (QED) is 0.536. The average Bonchev–Trinajstić information content (AvgIpc) is 1.85. The van der Waals surface area contributed by atoms with Gasteiger partial charge in [-0.1, -0.05) is 0 Å². The molecule has 0 atom stereocenters. The van der Waals surface area contributed by atoms with Crippen molar-refractivity contribution in [2.24, 2.45) is 0 Å². The van der Waals surface area contributed by atoms with Crippen LogP contribution >= 0.6 is 27.5 Å². The Morgan fingerprint density at radius 2 is 2.00 bits per heavy atom. The van der Waals surface area contributed by atoms with E-state index in [-0.39, 0.29) is 0 Å². The van der Waals surface area contributed by atoms with Crippen molar-refractivity contribution in [3.05, 3.63) is 9.67 Å². The van der Waals surface area contributed by atoms with Gasteiger partial charge in [-0.3, -0.25) is 0 Å². The minimum atomic E-state index is -1.77. The molecule has 0 rings (SSSR count). The molecule has 0 aromatic heterocycles. The van der Waals surface area contributed by atoms with Crippen LogP contribution in [0.4, 0.5) is 0 Å². The van der Waals surface area contributed by atoms with Crippen LogP contribution in [0.3, 0.4) is 0 Å². The Kier molecular flexibility index (Phi) is 6.57. The molecule has 3 heteroatoms. The van der Waals surface area contributed by atoms with Gasteiger partial charge in [0, 0.05) is 0 Å². The fraction of sp³-hybridized carbons (Fsp3) is 0.750. The Hall–Kier alpha value is 1.31. The summed E-state index contributed by atoms with van der Waals surface area (Å²) in [7, 11) is 0. The van der Waals surface area contributed by atoms with E-state index in [2.05, 4.69) is 36.8 Å². The van der Waals surface area contributed by atoms with Crippen molar-refractivity contribution in [3.8, 4) is 0 Å². The molecule has 0 N–H and O–H groups in total. The molecule has 0 aliphatic carbocycles. The first-order chi connectivity index (χ1) is 5.02. The second kappa shape index (κ2) is 5.87. The molecular weight excluding hydrogens is 330 g/mol. The Balaban J connectivity index is 4.22. The van der Waals surface area contributed by atoms with Gasteiger partial charge in [0.1, 0.15) is 0 Å². The van der Waals surface area contributed by atoms with Crippen LogP contribution in [0.1, 0.15) is 6.42 Å². The first-order valence-corrected chi connectivity index (χ1v) is 15.5. The Bertz CT molecular complexity index is 138. The van der Waals surface area contributed by atoms with Gasteiger partial charge in [-0.25, -0.2) is 0 Å². The maximum absolute atomic E-state index is 5.72. The molecule has 0 saturated carbocycles. The monoisotopic (exact) mass is 346 g/mol. The number of hydrogen-bond acceptors (Lipinski definition) is 0. The summed E-state index contributed by atoms with van der Waals surface area (Å²) in [6, 6.07) is 0. The zero-order valence-electron chi connectivity index (χ0n) is 7.45. The molecule has 66 valence electrons. The minimum absolute atomic E-state index is 0.771. The molecule has 0 radical (unpaired) electrons. The van der Waals surface area contributed by atoms with Gasteiger partial charge in [-0.15, -0.1) is 0 Å². The first-order valence-electron chi connectivity index (χ1n) is 3.83. The standard InChI is InChI=1S/C5H7BrCl.3CH3.Sn/c6-4-2-1-3-5-7;;;;/h2H,3-5H2;3*1H3;. The summed E-state index contributed by atoms with van der Waals surface area (Å²) in [6.07, 6.45) is 3.39. The van der Waals surface area contributed by atoms with E-state index in [1.54, 1.807) is 3.59 Å². The van der Waals surface area contributed by atoms with Crippen LogP contribution in [0, 0.1) is 0 Å². The van der Waals surface area contributed by atoms with Crippen LogP contribution in [-0.4, -0.2) is 29.6 Å². The number of hydrogen-bond donors (Lipinski definition) is 0. The van der Waals surface area contributed by atoms with Crippen LogP contribution in [-0.2, 0) is 0 Å². The van der Waals surface area contributed by atoms with E-state index >= 15 is 0 Å². The van der Waals surface area contributed by atoms with Crippen LogP contribution < -0.4 is 0 Å². The summed E-state index contributed by atoms with van der Waals surface area (Å²) in [5.41, 5.74) is 0. The van der Waals surface area contributed by atoms with Gasteiger partial charge < -0.3 is 0 Å². The van der Waals surface area contributed by atoms with Gasteiger partial charge in [0.25, 0.3) is 0 Å². The average molecular weight is 346 g/mol. The molecule has 0 aromatic rings. The van der Waals surface area contributed by atoms with E-state index < -0.39 is 18.4 Å². The third kappa shape index (κ3) is 5.53. The number of allylic oxidation sites excluding steroid dienone is 2. The molecule has 0 nitrogen and oxygen atoms in total. The van der Waals surface area contributed by atoms with Crippen LogP contribution in [0.25, 0.3) is 0 Å². The van der Waals surface area contributed by atoms with Gasteiger partial charge >= 0.3 is 88.0 Å². The second-order valence-corrected chi connectivity index (χ2v) is 19.3. The first kappa shape index (κ1) is 12.3. The SMILES string of the molecule is [CH3][Sn]([CH3])([CH3])/[C](=C\CBr)CCCl. The van der Waals surface area contributed by atoms with Crippen molar-refractivity contribution < 1.29 is 0 Å². The van der Waals surface area contributed by atoms with Gasteiger partial charge in [-0.2, -0.15) is 0 Å². The van der Waals surface area contributed by atoms with Crippen molar-refractivity contribution in [3.63, 3.8) is 0 Å². The summed E-state index contributed by atoms with van der Waals surface area (Å²) in [4.78, 5) is 7.28. The predicted octanol–water partition coefficient (Wildman–Crippen LogP) is 3.81. The van der Waals surface area contributed by atoms with E-state index in [0.29, 0.717) is 0 Å². The third-order valence-corrected chi connectivity index (χ3v) is 8.96. The van der Waals surface area contributed by atoms with Crippen molar-refractivity contribution >= 4 is 45.9 Å². The molecular formula is C8H16BrClSn. The maximum atomic E-state index is 5.72. The fourth-order valence-corrected chi connectivity index (χ4v) is 7.41. The fourth-order valence-electron chi connectivity index (χ4n) is 0.978. The summed E-state index contributed by atoms with van der Waals surface area (Å²) >= 11 is 7.37. The molecule has 0 aliphatic rings. The molecule has 0 fully saturated rings. The van der Waals surface area contributed by atoms with Crippen LogP contribution in [0.5, 0.6) is 0 Å². The van der Waals surface area contributed by atoms with Gasteiger partial charge in [-0.05, 0) is 0 Å². The Morgan fingerprint density at radius 1 is 1.45 bits per heavy atom. The molecule has 0 unspecified atom stereocenters. The topological polar surface area (TPSA) is 0 Å². The zero-order chi connectivity index (χ0) is 8.91. The van der Waals surface area contributed by atoms with Crippen LogP contribution in [0.2, 0.25) is 14.8 Å². The van der Waals surface area contributed by atoms with E-state index in [9.17, 15) is 0 Å². The second-order valence-electron chi connectivity index (χ2n) is 3.57.